The number of aliphatic carboxylic acids is 1. The molecule has 2 heterocycles. The number of carbonyl (C=O) groups excluding carboxylic acids is 1. The summed E-state index contributed by atoms with van der Waals surface area (Å²) in [5.74, 6) is 0.711. The van der Waals surface area contributed by atoms with E-state index < -0.39 is 29.6 Å². The first-order chi connectivity index (χ1) is 16.0. The van der Waals surface area contributed by atoms with E-state index in [2.05, 4.69) is 41.5 Å². The molecule has 2 saturated carbocycles. The molecular formula is C29H44O5. The highest BCUT2D eigenvalue weighted by Gasteiger charge is 2.62. The molecule has 1 N–H and O–H groups in total. The van der Waals surface area contributed by atoms with Crippen LogP contribution in [0.1, 0.15) is 80.1 Å². The highest BCUT2D eigenvalue weighted by molar-refractivity contribution is 5.87. The number of hydrogen-bond acceptors (Lipinski definition) is 4. The molecule has 34 heavy (non-hydrogen) atoms. The lowest BCUT2D eigenvalue weighted by Crippen LogP contribution is -2.50. The third-order valence-electron chi connectivity index (χ3n) is 9.34. The molecule has 2 aliphatic carbocycles. The molecule has 3 fully saturated rings. The van der Waals surface area contributed by atoms with Crippen molar-refractivity contribution < 1.29 is 24.2 Å². The Kier molecular flexibility index (Phi) is 7.34. The molecule has 4 rings (SSSR count). The molecule has 0 spiro atoms. The van der Waals surface area contributed by atoms with Crippen LogP contribution < -0.4 is 0 Å². The van der Waals surface area contributed by atoms with Gasteiger partial charge in [0.15, 0.2) is 0 Å². The maximum atomic E-state index is 13.1. The quantitative estimate of drug-likeness (QED) is 0.290. The maximum absolute atomic E-state index is 13.1. The fraction of sp³-hybridized carbons (Fsp3) is 0.793. The van der Waals surface area contributed by atoms with Gasteiger partial charge in [-0.3, -0.25) is 4.79 Å². The van der Waals surface area contributed by atoms with E-state index in [0.717, 1.165) is 25.7 Å². The molecular weight excluding hydrogens is 428 g/mol. The number of carboxylic acid groups (broad SMARTS) is 1. The number of esters is 1. The molecule has 1 unspecified atom stereocenters. The van der Waals surface area contributed by atoms with Crippen LogP contribution in [0.4, 0.5) is 0 Å². The second-order valence-corrected chi connectivity index (χ2v) is 12.4. The van der Waals surface area contributed by atoms with E-state index in [0.29, 0.717) is 41.1 Å². The highest BCUT2D eigenvalue weighted by Crippen LogP contribution is 2.57. The average Bonchev–Trinajstić information content (AvgIpc) is 3.31. The van der Waals surface area contributed by atoms with Crippen molar-refractivity contribution in [3.63, 3.8) is 0 Å². The van der Waals surface area contributed by atoms with Crippen molar-refractivity contribution in [3.8, 4) is 0 Å². The summed E-state index contributed by atoms with van der Waals surface area (Å²) in [5, 5.41) is 10.4. The molecule has 2 aliphatic heterocycles. The fourth-order valence-electron chi connectivity index (χ4n) is 7.52. The molecule has 0 aromatic rings. The maximum Gasteiger partial charge on any atom is 0.331 e. The summed E-state index contributed by atoms with van der Waals surface area (Å²) in [4.78, 5) is 25.8. The predicted molar refractivity (Wildman–Crippen MR) is 132 cm³/mol. The lowest BCUT2D eigenvalue weighted by Gasteiger charge is -2.46. The van der Waals surface area contributed by atoms with Gasteiger partial charge in [-0.1, -0.05) is 66.5 Å². The molecule has 2 bridgehead atoms. The Bertz CT molecular complexity index is 841. The SMILES string of the molecule is CC(C)C1CC[C@@H](C)C[C@H]1[C@@]12C=C[C@H](O1)C(=CC(=O)O[C@@H]1C[C@H](C)CC[C@H]1C(C)C)[C@@H]2C(=O)O. The number of hydrogen-bond donors (Lipinski definition) is 1. The van der Waals surface area contributed by atoms with Crippen LogP contribution >= 0.6 is 0 Å². The summed E-state index contributed by atoms with van der Waals surface area (Å²) < 4.78 is 12.5. The molecule has 4 aliphatic rings. The van der Waals surface area contributed by atoms with E-state index in [4.69, 9.17) is 9.47 Å². The monoisotopic (exact) mass is 472 g/mol. The number of carbonyl (C=O) groups is 2. The van der Waals surface area contributed by atoms with E-state index >= 15 is 0 Å². The fourth-order valence-corrected chi connectivity index (χ4v) is 7.52. The minimum atomic E-state index is -0.905. The first kappa shape index (κ1) is 25.5. The van der Waals surface area contributed by atoms with Gasteiger partial charge in [0, 0.05) is 6.08 Å². The van der Waals surface area contributed by atoms with E-state index in [-0.39, 0.29) is 12.0 Å². The van der Waals surface area contributed by atoms with E-state index in [1.807, 2.05) is 12.2 Å². The first-order valence-corrected chi connectivity index (χ1v) is 13.6. The molecule has 0 amide bonds. The smallest absolute Gasteiger partial charge is 0.331 e. The van der Waals surface area contributed by atoms with Crippen LogP contribution in [0.5, 0.6) is 0 Å². The Morgan fingerprint density at radius 2 is 1.65 bits per heavy atom. The topological polar surface area (TPSA) is 72.8 Å². The molecule has 0 aromatic carbocycles. The van der Waals surface area contributed by atoms with Crippen LogP contribution in [0.3, 0.4) is 0 Å². The third-order valence-corrected chi connectivity index (χ3v) is 9.34. The van der Waals surface area contributed by atoms with Gasteiger partial charge in [-0.2, -0.15) is 0 Å². The lowest BCUT2D eigenvalue weighted by atomic mass is 9.59. The highest BCUT2D eigenvalue weighted by atomic mass is 16.5. The summed E-state index contributed by atoms with van der Waals surface area (Å²) in [7, 11) is 0. The van der Waals surface area contributed by atoms with Crippen LogP contribution in [-0.4, -0.2) is 34.9 Å². The first-order valence-electron chi connectivity index (χ1n) is 13.6. The van der Waals surface area contributed by atoms with Crippen molar-refractivity contribution in [2.24, 2.45) is 47.3 Å². The molecule has 0 radical (unpaired) electrons. The third kappa shape index (κ3) is 4.62. The standard InChI is InChI=1S/C29H44O5/c1-16(2)20-9-7-18(5)13-23(20)29-12-11-24(34-29)22(27(29)28(31)32)15-26(30)33-25-14-19(6)8-10-21(25)17(3)4/h11-12,15-21,23-25,27H,7-10,13-14H2,1-6H3,(H,31,32)/t18-,19-,20?,21+,23-,24+,25-,27-,29-/m1/s1. The minimum absolute atomic E-state index is 0.107. The number of carboxylic acids is 1. The minimum Gasteiger partial charge on any atom is -0.481 e. The van der Waals surface area contributed by atoms with Gasteiger partial charge in [-0.25, -0.2) is 4.79 Å². The van der Waals surface area contributed by atoms with Gasteiger partial charge in [0.25, 0.3) is 0 Å². The Morgan fingerprint density at radius 1 is 1.03 bits per heavy atom. The van der Waals surface area contributed by atoms with Crippen LogP contribution in [0.2, 0.25) is 0 Å². The molecule has 5 heteroatoms. The Hall–Kier alpha value is -1.62. The van der Waals surface area contributed by atoms with Crippen LogP contribution in [-0.2, 0) is 19.1 Å². The Labute approximate surface area is 205 Å². The van der Waals surface area contributed by atoms with Crippen LogP contribution in [0.25, 0.3) is 0 Å². The van der Waals surface area contributed by atoms with Crippen LogP contribution in [0, 0.1) is 47.3 Å². The van der Waals surface area contributed by atoms with Gasteiger partial charge in [-0.15, -0.1) is 0 Å². The largest absolute Gasteiger partial charge is 0.481 e. The summed E-state index contributed by atoms with van der Waals surface area (Å²) >= 11 is 0. The molecule has 5 nitrogen and oxygen atoms in total. The van der Waals surface area contributed by atoms with Crippen molar-refractivity contribution >= 4 is 11.9 Å². The number of rotatable bonds is 6. The molecule has 1 saturated heterocycles. The van der Waals surface area contributed by atoms with Crippen molar-refractivity contribution in [1.82, 2.24) is 0 Å². The second kappa shape index (κ2) is 9.79. The van der Waals surface area contributed by atoms with E-state index in [1.54, 1.807) is 0 Å². The van der Waals surface area contributed by atoms with Gasteiger partial charge < -0.3 is 14.6 Å². The van der Waals surface area contributed by atoms with Gasteiger partial charge in [-0.05, 0) is 72.7 Å². The van der Waals surface area contributed by atoms with Gasteiger partial charge in [0.2, 0.25) is 0 Å². The predicted octanol–water partition coefficient (Wildman–Crippen LogP) is 6.03. The summed E-state index contributed by atoms with van der Waals surface area (Å²) in [5.41, 5.74) is -0.308. The normalized spacial score (nSPS) is 43.1. The van der Waals surface area contributed by atoms with Gasteiger partial charge >= 0.3 is 11.9 Å². The lowest BCUT2D eigenvalue weighted by molar-refractivity contribution is -0.151. The van der Waals surface area contributed by atoms with Crippen LogP contribution in [0.15, 0.2) is 23.8 Å². The van der Waals surface area contributed by atoms with Crippen molar-refractivity contribution in [3.05, 3.63) is 23.8 Å². The van der Waals surface area contributed by atoms with E-state index in [1.165, 1.54) is 18.9 Å². The van der Waals surface area contributed by atoms with Gasteiger partial charge in [0.05, 0.1) is 6.10 Å². The average molecular weight is 473 g/mol. The van der Waals surface area contributed by atoms with Gasteiger partial charge in [0.1, 0.15) is 17.6 Å². The van der Waals surface area contributed by atoms with Crippen molar-refractivity contribution in [2.75, 3.05) is 0 Å². The molecule has 9 atom stereocenters. The molecule has 0 aromatic heterocycles. The summed E-state index contributed by atoms with van der Waals surface area (Å²) in [6, 6.07) is 0. The van der Waals surface area contributed by atoms with E-state index in [9.17, 15) is 14.7 Å². The molecule has 190 valence electrons. The zero-order valence-electron chi connectivity index (χ0n) is 21.8. The number of ether oxygens (including phenoxy) is 2. The zero-order chi connectivity index (χ0) is 24.8. The van der Waals surface area contributed by atoms with Crippen molar-refractivity contribution in [1.29, 1.82) is 0 Å². The Morgan fingerprint density at radius 3 is 2.26 bits per heavy atom. The number of fused-ring (bicyclic) bond motifs is 2. The second-order valence-electron chi connectivity index (χ2n) is 12.4. The zero-order valence-corrected chi connectivity index (χ0v) is 21.8. The summed E-state index contributed by atoms with van der Waals surface area (Å²) in [6.07, 6.45) is 11.2. The van der Waals surface area contributed by atoms with Crippen molar-refractivity contribution in [2.45, 2.75) is 97.9 Å². The Balaban J connectivity index is 1.60. The summed E-state index contributed by atoms with van der Waals surface area (Å²) in [6.45, 7) is 13.3.